The molecule has 8 nitrogen and oxygen atoms in total. The van der Waals surface area contributed by atoms with Gasteiger partial charge in [-0.3, -0.25) is 0 Å². The van der Waals surface area contributed by atoms with Crippen LogP contribution in [0.1, 0.15) is 36.1 Å². The predicted molar refractivity (Wildman–Crippen MR) is 116 cm³/mol. The van der Waals surface area contributed by atoms with Gasteiger partial charge in [-0.1, -0.05) is 13.8 Å². The SMILES string of the molecule is CCNS(=O)(=O)c1scc(Nc2nsnc2N[C@H](CC)c2ccc(C)s2)c1O. The summed E-state index contributed by atoms with van der Waals surface area (Å²) in [5.74, 6) is 0.674. The van der Waals surface area contributed by atoms with E-state index in [0.717, 1.165) is 29.5 Å². The monoisotopic (exact) mass is 459 g/mol. The van der Waals surface area contributed by atoms with Crippen LogP contribution in [0.3, 0.4) is 0 Å². The molecule has 12 heteroatoms. The van der Waals surface area contributed by atoms with Crippen LogP contribution < -0.4 is 15.4 Å². The predicted octanol–water partition coefficient (Wildman–Crippen LogP) is 4.28. The standard InChI is InChI=1S/C16H21N5O3S4/c1-4-10(12-7-6-9(3)26-12)18-14-15(21-27-20-14)19-11-8-25-16(13(11)22)28(23,24)17-5-2/h6-8,10,17,22H,4-5H2,1-3H3,(H,18,20)(H,19,21)/t10-/m1/s1. The number of hydrogen-bond acceptors (Lipinski definition) is 10. The quantitative estimate of drug-likeness (QED) is 0.377. The highest BCUT2D eigenvalue weighted by molar-refractivity contribution is 7.91. The van der Waals surface area contributed by atoms with Crippen molar-refractivity contribution in [1.29, 1.82) is 0 Å². The number of sulfonamides is 1. The fourth-order valence-electron chi connectivity index (χ4n) is 2.54. The maximum absolute atomic E-state index is 12.2. The second-order valence-electron chi connectivity index (χ2n) is 5.93. The molecule has 4 N–H and O–H groups in total. The molecule has 0 radical (unpaired) electrons. The van der Waals surface area contributed by atoms with Crippen LogP contribution >= 0.6 is 34.4 Å². The molecule has 0 aromatic carbocycles. The molecule has 0 aliphatic rings. The highest BCUT2D eigenvalue weighted by Gasteiger charge is 2.24. The minimum absolute atomic E-state index is 0.0870. The minimum atomic E-state index is -3.74. The smallest absolute Gasteiger partial charge is 0.253 e. The largest absolute Gasteiger partial charge is 0.504 e. The normalized spacial score (nSPS) is 12.8. The molecule has 3 heterocycles. The number of aryl methyl sites for hydroxylation is 1. The molecular weight excluding hydrogens is 438 g/mol. The molecule has 152 valence electrons. The Morgan fingerprint density at radius 1 is 1.21 bits per heavy atom. The van der Waals surface area contributed by atoms with Gasteiger partial charge in [0.2, 0.25) is 0 Å². The maximum atomic E-state index is 12.2. The Bertz CT molecular complexity index is 1040. The summed E-state index contributed by atoms with van der Waals surface area (Å²) in [6.07, 6.45) is 0.867. The first-order valence-electron chi connectivity index (χ1n) is 8.58. The number of aromatic hydroxyl groups is 1. The summed E-state index contributed by atoms with van der Waals surface area (Å²) >= 11 is 3.70. The molecule has 0 saturated heterocycles. The van der Waals surface area contributed by atoms with E-state index in [1.807, 2.05) is 0 Å². The zero-order chi connectivity index (χ0) is 20.3. The lowest BCUT2D eigenvalue weighted by molar-refractivity contribution is 0.465. The van der Waals surface area contributed by atoms with Crippen molar-refractivity contribution in [2.75, 3.05) is 17.2 Å². The molecule has 28 heavy (non-hydrogen) atoms. The molecule has 3 rings (SSSR count). The van der Waals surface area contributed by atoms with Gasteiger partial charge in [0.25, 0.3) is 10.0 Å². The lowest BCUT2D eigenvalue weighted by Crippen LogP contribution is -2.22. The van der Waals surface area contributed by atoms with Crippen LogP contribution in [-0.2, 0) is 10.0 Å². The third-order valence-electron chi connectivity index (χ3n) is 3.88. The number of nitrogens with one attached hydrogen (secondary N) is 3. The first-order valence-corrected chi connectivity index (χ1v) is 12.5. The Kier molecular flexibility index (Phi) is 6.55. The minimum Gasteiger partial charge on any atom is -0.504 e. The van der Waals surface area contributed by atoms with Crippen molar-refractivity contribution in [3.63, 3.8) is 0 Å². The molecule has 1 atom stereocenters. The van der Waals surface area contributed by atoms with Crippen molar-refractivity contribution < 1.29 is 13.5 Å². The van der Waals surface area contributed by atoms with Crippen LogP contribution in [0, 0.1) is 6.92 Å². The molecule has 0 saturated carbocycles. The fraction of sp³-hybridized carbons (Fsp3) is 0.375. The summed E-state index contributed by atoms with van der Waals surface area (Å²) in [4.78, 5) is 2.44. The van der Waals surface area contributed by atoms with Gasteiger partial charge < -0.3 is 15.7 Å². The van der Waals surface area contributed by atoms with Gasteiger partial charge in [-0.05, 0) is 25.5 Å². The molecule has 3 aromatic heterocycles. The number of rotatable bonds is 9. The molecule has 0 aliphatic heterocycles. The van der Waals surface area contributed by atoms with Crippen molar-refractivity contribution in [2.24, 2.45) is 0 Å². The number of nitrogens with zero attached hydrogens (tertiary/aromatic N) is 2. The molecule has 0 unspecified atom stereocenters. The molecule has 0 aliphatic carbocycles. The van der Waals surface area contributed by atoms with E-state index in [4.69, 9.17) is 0 Å². The van der Waals surface area contributed by atoms with Crippen molar-refractivity contribution in [3.05, 3.63) is 27.3 Å². The average Bonchev–Trinajstić information content (AvgIpc) is 3.35. The molecule has 0 bridgehead atoms. The van der Waals surface area contributed by atoms with Gasteiger partial charge >= 0.3 is 0 Å². The van der Waals surface area contributed by atoms with Gasteiger partial charge in [-0.2, -0.15) is 8.75 Å². The zero-order valence-corrected chi connectivity index (χ0v) is 18.8. The lowest BCUT2D eigenvalue weighted by Gasteiger charge is -2.16. The van der Waals surface area contributed by atoms with Crippen LogP contribution in [0.4, 0.5) is 17.3 Å². The van der Waals surface area contributed by atoms with E-state index in [9.17, 15) is 13.5 Å². The first-order chi connectivity index (χ1) is 13.4. The van der Waals surface area contributed by atoms with Crippen molar-refractivity contribution in [2.45, 2.75) is 37.4 Å². The van der Waals surface area contributed by atoms with Crippen LogP contribution in [-0.4, -0.2) is 28.8 Å². The van der Waals surface area contributed by atoms with Crippen LogP contribution in [0.2, 0.25) is 0 Å². The molecular formula is C16H21N5O3S4. The van der Waals surface area contributed by atoms with Crippen LogP contribution in [0.15, 0.2) is 21.7 Å². The average molecular weight is 460 g/mol. The van der Waals surface area contributed by atoms with Gasteiger partial charge in [-0.15, -0.1) is 22.7 Å². The van der Waals surface area contributed by atoms with Gasteiger partial charge in [0.1, 0.15) is 0 Å². The fourth-order valence-corrected chi connectivity index (χ4v) is 6.35. The van der Waals surface area contributed by atoms with E-state index < -0.39 is 10.0 Å². The highest BCUT2D eigenvalue weighted by atomic mass is 32.2. The summed E-state index contributed by atoms with van der Waals surface area (Å²) in [6.45, 7) is 6.07. The van der Waals surface area contributed by atoms with Crippen LogP contribution in [0.5, 0.6) is 5.75 Å². The van der Waals surface area contributed by atoms with Gasteiger partial charge in [-0.25, -0.2) is 13.1 Å². The number of aromatic nitrogens is 2. The van der Waals surface area contributed by atoms with Gasteiger partial charge in [0, 0.05) is 21.7 Å². The molecule has 0 amide bonds. The zero-order valence-electron chi connectivity index (χ0n) is 15.5. The first kappa shape index (κ1) is 21.0. The molecule has 0 fully saturated rings. The summed E-state index contributed by atoms with van der Waals surface area (Å²) in [6, 6.07) is 4.26. The second kappa shape index (κ2) is 8.74. The number of hydrogen-bond donors (Lipinski definition) is 4. The summed E-state index contributed by atoms with van der Waals surface area (Å²) < 4.78 is 35.1. The van der Waals surface area contributed by atoms with Crippen molar-refractivity contribution >= 4 is 61.7 Å². The Balaban J connectivity index is 1.81. The third-order valence-corrected chi connectivity index (χ3v) is 8.58. The van der Waals surface area contributed by atoms with E-state index >= 15 is 0 Å². The Labute approximate surface area is 176 Å². The van der Waals surface area contributed by atoms with Gasteiger partial charge in [0.05, 0.1) is 23.5 Å². The van der Waals surface area contributed by atoms with E-state index in [1.54, 1.807) is 23.6 Å². The Hall–Kier alpha value is -1.73. The molecule has 3 aromatic rings. The maximum Gasteiger partial charge on any atom is 0.253 e. The summed E-state index contributed by atoms with van der Waals surface area (Å²) in [5, 5.41) is 18.3. The van der Waals surface area contributed by atoms with E-state index in [-0.39, 0.29) is 28.2 Å². The summed E-state index contributed by atoms with van der Waals surface area (Å²) in [7, 11) is -3.74. The summed E-state index contributed by atoms with van der Waals surface area (Å²) in [5.41, 5.74) is 0.275. The highest BCUT2D eigenvalue weighted by Crippen LogP contribution is 2.40. The van der Waals surface area contributed by atoms with Crippen LogP contribution in [0.25, 0.3) is 0 Å². The Morgan fingerprint density at radius 2 is 1.96 bits per heavy atom. The third kappa shape index (κ3) is 4.46. The topological polar surface area (TPSA) is 116 Å². The van der Waals surface area contributed by atoms with Gasteiger partial charge in [0.15, 0.2) is 21.6 Å². The molecule has 0 spiro atoms. The van der Waals surface area contributed by atoms with E-state index in [2.05, 4.69) is 50.1 Å². The Morgan fingerprint density at radius 3 is 2.61 bits per heavy atom. The lowest BCUT2D eigenvalue weighted by atomic mass is 10.2. The van der Waals surface area contributed by atoms with Crippen molar-refractivity contribution in [3.8, 4) is 5.75 Å². The van der Waals surface area contributed by atoms with E-state index in [1.165, 1.54) is 9.75 Å². The second-order valence-corrected chi connectivity index (χ2v) is 10.6. The van der Waals surface area contributed by atoms with Crippen molar-refractivity contribution in [1.82, 2.24) is 13.5 Å². The van der Waals surface area contributed by atoms with E-state index in [0.29, 0.717) is 11.6 Å². The number of anilines is 3. The number of thiophene rings is 2.